The topological polar surface area (TPSA) is 20.2 Å². The molecule has 0 bridgehead atoms. The van der Waals surface area contributed by atoms with E-state index in [0.717, 1.165) is 24.2 Å². The van der Waals surface area contributed by atoms with E-state index >= 15 is 0 Å². The maximum Gasteiger partial charge on any atom is 0.0568 e. The molecule has 16 heavy (non-hydrogen) atoms. The molecule has 2 rings (SSSR count). The summed E-state index contributed by atoms with van der Waals surface area (Å²) in [5.74, 6) is 2.97. The summed E-state index contributed by atoms with van der Waals surface area (Å²) in [5, 5.41) is 10.2. The molecule has 5 atom stereocenters. The first-order chi connectivity index (χ1) is 7.42. The van der Waals surface area contributed by atoms with Crippen LogP contribution in [0.15, 0.2) is 0 Å². The normalized spacial score (nSPS) is 48.2. The van der Waals surface area contributed by atoms with Crippen molar-refractivity contribution in [1.29, 1.82) is 0 Å². The molecule has 0 aromatic carbocycles. The lowest BCUT2D eigenvalue weighted by Crippen LogP contribution is -2.48. The first-order valence-corrected chi connectivity index (χ1v) is 7.10. The smallest absolute Gasteiger partial charge is 0.0568 e. The monoisotopic (exact) mass is 224 g/mol. The molecule has 0 aliphatic heterocycles. The Labute approximate surface area is 101 Å². The van der Waals surface area contributed by atoms with Gasteiger partial charge >= 0.3 is 0 Å². The van der Waals surface area contributed by atoms with Crippen molar-refractivity contribution < 1.29 is 5.11 Å². The van der Waals surface area contributed by atoms with Gasteiger partial charge in [0.15, 0.2) is 0 Å². The molecule has 2 saturated carbocycles. The van der Waals surface area contributed by atoms with Crippen LogP contribution in [0.2, 0.25) is 0 Å². The van der Waals surface area contributed by atoms with Crippen LogP contribution in [-0.4, -0.2) is 11.2 Å². The van der Waals surface area contributed by atoms with E-state index < -0.39 is 0 Å². The van der Waals surface area contributed by atoms with Gasteiger partial charge in [0.1, 0.15) is 0 Å². The Kier molecular flexibility index (Phi) is 3.36. The number of hydrogen-bond donors (Lipinski definition) is 1. The van der Waals surface area contributed by atoms with Gasteiger partial charge in [-0.05, 0) is 54.8 Å². The van der Waals surface area contributed by atoms with Crippen LogP contribution in [0, 0.1) is 29.1 Å². The highest BCUT2D eigenvalue weighted by Gasteiger charge is 2.50. The summed E-state index contributed by atoms with van der Waals surface area (Å²) in [6, 6.07) is 0. The van der Waals surface area contributed by atoms with E-state index in [1.54, 1.807) is 0 Å². The third-order valence-corrected chi connectivity index (χ3v) is 5.49. The molecule has 0 aromatic rings. The van der Waals surface area contributed by atoms with Gasteiger partial charge in [-0.15, -0.1) is 0 Å². The zero-order chi connectivity index (χ0) is 11.9. The van der Waals surface area contributed by atoms with Gasteiger partial charge in [0, 0.05) is 0 Å². The Bertz CT molecular complexity index is 246. The van der Waals surface area contributed by atoms with E-state index in [2.05, 4.69) is 27.7 Å². The molecular formula is C15H28O. The molecule has 94 valence electrons. The van der Waals surface area contributed by atoms with E-state index in [1.165, 1.54) is 25.7 Å². The lowest BCUT2D eigenvalue weighted by atomic mass is 9.50. The van der Waals surface area contributed by atoms with Gasteiger partial charge < -0.3 is 5.11 Å². The summed E-state index contributed by atoms with van der Waals surface area (Å²) in [4.78, 5) is 0. The van der Waals surface area contributed by atoms with Crippen molar-refractivity contribution in [2.24, 2.45) is 29.1 Å². The molecule has 0 heterocycles. The van der Waals surface area contributed by atoms with Crippen molar-refractivity contribution in [3.05, 3.63) is 0 Å². The Morgan fingerprint density at radius 3 is 2.25 bits per heavy atom. The molecule has 1 N–H and O–H groups in total. The number of aliphatic hydroxyl groups is 1. The highest BCUT2D eigenvalue weighted by atomic mass is 16.3. The zero-order valence-corrected chi connectivity index (χ0v) is 11.4. The molecule has 0 spiro atoms. The molecule has 1 nitrogen and oxygen atoms in total. The average molecular weight is 224 g/mol. The molecular weight excluding hydrogens is 196 g/mol. The molecule has 2 fully saturated rings. The van der Waals surface area contributed by atoms with Gasteiger partial charge in [0.05, 0.1) is 6.10 Å². The first-order valence-electron chi connectivity index (χ1n) is 7.10. The van der Waals surface area contributed by atoms with Gasteiger partial charge in [-0.3, -0.25) is 0 Å². The van der Waals surface area contributed by atoms with Crippen molar-refractivity contribution >= 4 is 0 Å². The summed E-state index contributed by atoms with van der Waals surface area (Å²) in [6.45, 7) is 9.45. The molecule has 0 radical (unpaired) electrons. The van der Waals surface area contributed by atoms with Crippen molar-refractivity contribution in [1.82, 2.24) is 0 Å². The van der Waals surface area contributed by atoms with Crippen LogP contribution < -0.4 is 0 Å². The SMILES string of the molecule is CC1CCC(O)C(C)C2CC(C)(C)C2CC1. The van der Waals surface area contributed by atoms with Gasteiger partial charge in [0.2, 0.25) is 0 Å². The molecule has 0 amide bonds. The van der Waals surface area contributed by atoms with Crippen LogP contribution in [0.3, 0.4) is 0 Å². The predicted octanol–water partition coefficient (Wildman–Crippen LogP) is 3.86. The van der Waals surface area contributed by atoms with E-state index in [1.807, 2.05) is 0 Å². The number of rotatable bonds is 0. The summed E-state index contributed by atoms with van der Waals surface area (Å²) in [6.07, 6.45) is 6.26. The fourth-order valence-electron chi connectivity index (χ4n) is 4.09. The minimum absolute atomic E-state index is 0.0517. The summed E-state index contributed by atoms with van der Waals surface area (Å²) in [7, 11) is 0. The fraction of sp³-hybridized carbons (Fsp3) is 1.00. The predicted molar refractivity (Wildman–Crippen MR) is 68.2 cm³/mol. The Balaban J connectivity index is 2.09. The van der Waals surface area contributed by atoms with Crippen molar-refractivity contribution in [3.8, 4) is 0 Å². The third-order valence-electron chi connectivity index (χ3n) is 5.49. The van der Waals surface area contributed by atoms with E-state index in [9.17, 15) is 5.11 Å². The molecule has 1 heteroatoms. The molecule has 5 unspecified atom stereocenters. The lowest BCUT2D eigenvalue weighted by Gasteiger charge is -2.55. The fourth-order valence-corrected chi connectivity index (χ4v) is 4.09. The quantitative estimate of drug-likeness (QED) is 0.662. The Morgan fingerprint density at radius 1 is 1.00 bits per heavy atom. The zero-order valence-electron chi connectivity index (χ0n) is 11.4. The largest absolute Gasteiger partial charge is 0.393 e. The molecule has 2 aliphatic rings. The van der Waals surface area contributed by atoms with Gasteiger partial charge in [-0.2, -0.15) is 0 Å². The summed E-state index contributed by atoms with van der Waals surface area (Å²) >= 11 is 0. The third kappa shape index (κ3) is 2.16. The second-order valence-electron chi connectivity index (χ2n) is 7.15. The van der Waals surface area contributed by atoms with E-state index in [4.69, 9.17) is 0 Å². The maximum absolute atomic E-state index is 10.2. The van der Waals surface area contributed by atoms with Crippen LogP contribution in [0.25, 0.3) is 0 Å². The van der Waals surface area contributed by atoms with Crippen LogP contribution in [-0.2, 0) is 0 Å². The number of hydrogen-bond acceptors (Lipinski definition) is 1. The van der Waals surface area contributed by atoms with Crippen LogP contribution in [0.1, 0.15) is 59.8 Å². The second kappa shape index (κ2) is 4.33. The van der Waals surface area contributed by atoms with Crippen molar-refractivity contribution in [2.75, 3.05) is 0 Å². The molecule has 0 saturated heterocycles. The van der Waals surface area contributed by atoms with Crippen molar-refractivity contribution in [3.63, 3.8) is 0 Å². The maximum atomic E-state index is 10.2. The van der Waals surface area contributed by atoms with Gasteiger partial charge in [-0.25, -0.2) is 0 Å². The number of fused-ring (bicyclic) bond motifs is 1. The second-order valence-corrected chi connectivity index (χ2v) is 7.15. The van der Waals surface area contributed by atoms with E-state index in [0.29, 0.717) is 11.3 Å². The highest BCUT2D eigenvalue weighted by molar-refractivity contribution is 4.99. The first kappa shape index (κ1) is 12.4. The van der Waals surface area contributed by atoms with Crippen LogP contribution in [0.5, 0.6) is 0 Å². The Hall–Kier alpha value is -0.0400. The standard InChI is InChI=1S/C15H28O/c1-10-5-7-13-12(9-15(13,3)4)11(2)14(16)8-6-10/h10-14,16H,5-9H2,1-4H3. The van der Waals surface area contributed by atoms with Crippen LogP contribution >= 0.6 is 0 Å². The highest BCUT2D eigenvalue weighted by Crippen LogP contribution is 2.57. The number of aliphatic hydroxyl groups excluding tert-OH is 1. The van der Waals surface area contributed by atoms with Gasteiger partial charge in [-0.1, -0.05) is 34.1 Å². The van der Waals surface area contributed by atoms with Crippen molar-refractivity contribution in [2.45, 2.75) is 65.9 Å². The average Bonchev–Trinajstić information content (AvgIpc) is 2.24. The van der Waals surface area contributed by atoms with Gasteiger partial charge in [0.25, 0.3) is 0 Å². The summed E-state index contributed by atoms with van der Waals surface area (Å²) in [5.41, 5.74) is 0.530. The Morgan fingerprint density at radius 2 is 1.62 bits per heavy atom. The summed E-state index contributed by atoms with van der Waals surface area (Å²) < 4.78 is 0. The molecule has 2 aliphatic carbocycles. The molecule has 0 aromatic heterocycles. The lowest BCUT2D eigenvalue weighted by molar-refractivity contribution is -0.0783. The van der Waals surface area contributed by atoms with Crippen LogP contribution in [0.4, 0.5) is 0 Å². The van der Waals surface area contributed by atoms with E-state index in [-0.39, 0.29) is 6.10 Å². The minimum Gasteiger partial charge on any atom is -0.393 e. The minimum atomic E-state index is -0.0517.